The van der Waals surface area contributed by atoms with E-state index in [0.29, 0.717) is 5.56 Å². The molecule has 0 atom stereocenters. The summed E-state index contributed by atoms with van der Waals surface area (Å²) < 4.78 is 5.39. The van der Waals surface area contributed by atoms with Gasteiger partial charge in [0.1, 0.15) is 19.6 Å². The second-order valence-electron chi connectivity index (χ2n) is 6.20. The zero-order chi connectivity index (χ0) is 16.8. The number of anilines is 1. The summed E-state index contributed by atoms with van der Waals surface area (Å²) in [5.74, 6) is -0.0545. The van der Waals surface area contributed by atoms with E-state index in [1.54, 1.807) is 0 Å². The van der Waals surface area contributed by atoms with E-state index in [4.69, 9.17) is 4.74 Å². The number of rotatable bonds is 5. The number of carbonyl (C=O) groups excluding carboxylic acids is 1. The fraction of sp³-hybridized carbons (Fsp3) is 0.350. The first-order valence-corrected chi connectivity index (χ1v) is 8.66. The molecule has 1 aliphatic heterocycles. The van der Waals surface area contributed by atoms with Crippen molar-refractivity contribution in [2.24, 2.45) is 0 Å². The number of hydrogen-bond donors (Lipinski definition) is 2. The van der Waals surface area contributed by atoms with E-state index in [1.807, 2.05) is 36.4 Å². The number of quaternary nitrogens is 1. The quantitative estimate of drug-likeness (QED) is 0.882. The lowest BCUT2D eigenvalue weighted by Crippen LogP contribution is -3.12. The van der Waals surface area contributed by atoms with Crippen LogP contribution in [0.4, 0.5) is 5.69 Å². The molecule has 1 aliphatic rings. The molecule has 1 fully saturated rings. The summed E-state index contributed by atoms with van der Waals surface area (Å²) in [6.07, 6.45) is 0.901. The lowest BCUT2D eigenvalue weighted by molar-refractivity contribution is -0.921. The van der Waals surface area contributed by atoms with Crippen LogP contribution < -0.4 is 10.2 Å². The summed E-state index contributed by atoms with van der Waals surface area (Å²) in [7, 11) is 0. The Kier molecular flexibility index (Phi) is 5.62. The van der Waals surface area contributed by atoms with Gasteiger partial charge in [-0.1, -0.05) is 37.3 Å². The smallest absolute Gasteiger partial charge is 0.255 e. The normalized spacial score (nSPS) is 15.2. The summed E-state index contributed by atoms with van der Waals surface area (Å²) in [6.45, 7) is 6.86. The first kappa shape index (κ1) is 16.7. The summed E-state index contributed by atoms with van der Waals surface area (Å²) in [5, 5.41) is 3.02. The molecule has 1 saturated heterocycles. The van der Waals surface area contributed by atoms with Crippen molar-refractivity contribution in [3.63, 3.8) is 0 Å². The first-order chi connectivity index (χ1) is 11.8. The highest BCUT2D eigenvalue weighted by atomic mass is 16.5. The number of aryl methyl sites for hydroxylation is 1. The molecule has 2 N–H and O–H groups in total. The third-order valence-electron chi connectivity index (χ3n) is 4.52. The third-order valence-corrected chi connectivity index (χ3v) is 4.52. The maximum atomic E-state index is 12.5. The molecule has 0 radical (unpaired) electrons. The van der Waals surface area contributed by atoms with Crippen molar-refractivity contribution in [1.29, 1.82) is 0 Å². The summed E-state index contributed by atoms with van der Waals surface area (Å²) >= 11 is 0. The molecule has 1 heterocycles. The van der Waals surface area contributed by atoms with Crippen molar-refractivity contribution in [2.75, 3.05) is 31.6 Å². The van der Waals surface area contributed by atoms with Crippen LogP contribution in [0.2, 0.25) is 0 Å². The van der Waals surface area contributed by atoms with Gasteiger partial charge in [0.2, 0.25) is 0 Å². The van der Waals surface area contributed by atoms with Crippen LogP contribution in [0.1, 0.15) is 28.4 Å². The van der Waals surface area contributed by atoms with E-state index < -0.39 is 0 Å². The van der Waals surface area contributed by atoms with Crippen LogP contribution in [0.3, 0.4) is 0 Å². The van der Waals surface area contributed by atoms with E-state index >= 15 is 0 Å². The summed E-state index contributed by atoms with van der Waals surface area (Å²) in [4.78, 5) is 14.0. The minimum atomic E-state index is -0.0545. The highest BCUT2D eigenvalue weighted by Crippen LogP contribution is 2.16. The van der Waals surface area contributed by atoms with Crippen LogP contribution in [0.15, 0.2) is 48.5 Å². The predicted molar refractivity (Wildman–Crippen MR) is 95.4 cm³/mol. The molecule has 126 valence electrons. The molecule has 0 unspecified atom stereocenters. The number of hydrogen-bond acceptors (Lipinski definition) is 2. The highest BCUT2D eigenvalue weighted by molar-refractivity contribution is 6.04. The number of nitrogens with one attached hydrogen (secondary N) is 2. The zero-order valence-electron chi connectivity index (χ0n) is 14.2. The van der Waals surface area contributed by atoms with E-state index in [1.165, 1.54) is 10.5 Å². The Morgan fingerprint density at radius 1 is 1.08 bits per heavy atom. The first-order valence-electron chi connectivity index (χ1n) is 8.66. The van der Waals surface area contributed by atoms with Gasteiger partial charge < -0.3 is 15.0 Å². The molecule has 0 bridgehead atoms. The van der Waals surface area contributed by atoms with Crippen LogP contribution in [-0.2, 0) is 17.7 Å². The second kappa shape index (κ2) is 8.08. The standard InChI is InChI=1S/C20H24N2O2/c1-2-17-5-3-4-6-19(17)21-20(23)18-9-7-16(8-10-18)15-22-11-13-24-14-12-22/h3-10H,2,11-15H2,1H3,(H,21,23)/p+1. The van der Waals surface area contributed by atoms with Gasteiger partial charge in [0.05, 0.1) is 13.2 Å². The molecular weight excluding hydrogens is 300 g/mol. The summed E-state index contributed by atoms with van der Waals surface area (Å²) in [5.41, 5.74) is 4.00. The van der Waals surface area contributed by atoms with Crippen LogP contribution in [0, 0.1) is 0 Å². The van der Waals surface area contributed by atoms with E-state index in [-0.39, 0.29) is 5.91 Å². The Hall–Kier alpha value is -2.17. The van der Waals surface area contributed by atoms with Crippen molar-refractivity contribution in [2.45, 2.75) is 19.9 Å². The molecule has 2 aromatic rings. The van der Waals surface area contributed by atoms with Gasteiger partial charge in [0.15, 0.2) is 0 Å². The van der Waals surface area contributed by atoms with Crippen molar-refractivity contribution >= 4 is 11.6 Å². The second-order valence-corrected chi connectivity index (χ2v) is 6.20. The Morgan fingerprint density at radius 3 is 2.50 bits per heavy atom. The molecule has 2 aromatic carbocycles. The number of para-hydroxylation sites is 1. The van der Waals surface area contributed by atoms with Gasteiger partial charge in [-0.15, -0.1) is 0 Å². The monoisotopic (exact) mass is 325 g/mol. The maximum absolute atomic E-state index is 12.5. The minimum absolute atomic E-state index is 0.0545. The topological polar surface area (TPSA) is 42.8 Å². The van der Waals surface area contributed by atoms with Crippen LogP contribution in [0.5, 0.6) is 0 Å². The van der Waals surface area contributed by atoms with Gasteiger partial charge in [-0.2, -0.15) is 0 Å². The molecule has 0 aliphatic carbocycles. The molecule has 4 heteroatoms. The van der Waals surface area contributed by atoms with E-state index in [0.717, 1.165) is 50.5 Å². The van der Waals surface area contributed by atoms with Gasteiger partial charge in [0.25, 0.3) is 5.91 Å². The van der Waals surface area contributed by atoms with Crippen molar-refractivity contribution < 1.29 is 14.4 Å². The van der Waals surface area contributed by atoms with Crippen LogP contribution >= 0.6 is 0 Å². The van der Waals surface area contributed by atoms with Gasteiger partial charge in [0, 0.05) is 16.8 Å². The van der Waals surface area contributed by atoms with E-state index in [2.05, 4.69) is 24.4 Å². The van der Waals surface area contributed by atoms with Gasteiger partial charge in [-0.05, 0) is 30.2 Å². The molecule has 1 amide bonds. The SMILES string of the molecule is CCc1ccccc1NC(=O)c1ccc(C[NH+]2CCOCC2)cc1. The number of carbonyl (C=O) groups is 1. The van der Waals surface area contributed by atoms with Gasteiger partial charge in [-0.3, -0.25) is 4.79 Å². The van der Waals surface area contributed by atoms with Crippen LogP contribution in [-0.4, -0.2) is 32.2 Å². The predicted octanol–water partition coefficient (Wildman–Crippen LogP) is 1.92. The molecule has 0 spiro atoms. The maximum Gasteiger partial charge on any atom is 0.255 e. The fourth-order valence-electron chi connectivity index (χ4n) is 3.04. The lowest BCUT2D eigenvalue weighted by Gasteiger charge is -2.23. The highest BCUT2D eigenvalue weighted by Gasteiger charge is 2.14. The molecule has 4 nitrogen and oxygen atoms in total. The number of amides is 1. The summed E-state index contributed by atoms with van der Waals surface area (Å²) in [6, 6.07) is 15.9. The molecule has 24 heavy (non-hydrogen) atoms. The average Bonchev–Trinajstić information content (AvgIpc) is 2.63. The Bertz CT molecular complexity index is 676. The molecule has 0 saturated carbocycles. The van der Waals surface area contributed by atoms with E-state index in [9.17, 15) is 4.79 Å². The van der Waals surface area contributed by atoms with Crippen LogP contribution in [0.25, 0.3) is 0 Å². The third kappa shape index (κ3) is 4.22. The number of benzene rings is 2. The van der Waals surface area contributed by atoms with Crippen molar-refractivity contribution in [3.05, 3.63) is 65.2 Å². The fourth-order valence-corrected chi connectivity index (χ4v) is 3.04. The largest absolute Gasteiger partial charge is 0.370 e. The zero-order valence-corrected chi connectivity index (χ0v) is 14.2. The molecule has 0 aromatic heterocycles. The van der Waals surface area contributed by atoms with Crippen molar-refractivity contribution in [3.8, 4) is 0 Å². The molecule has 3 rings (SSSR count). The lowest BCUT2D eigenvalue weighted by atomic mass is 10.1. The number of ether oxygens (including phenoxy) is 1. The Labute approximate surface area is 143 Å². The molecular formula is C20H25N2O2+. The van der Waals surface area contributed by atoms with Gasteiger partial charge in [-0.25, -0.2) is 0 Å². The van der Waals surface area contributed by atoms with Crippen molar-refractivity contribution in [1.82, 2.24) is 0 Å². The number of morpholine rings is 1. The average molecular weight is 325 g/mol. The Morgan fingerprint density at radius 2 is 1.79 bits per heavy atom. The Balaban J connectivity index is 1.63. The minimum Gasteiger partial charge on any atom is -0.370 e. The van der Waals surface area contributed by atoms with Gasteiger partial charge >= 0.3 is 0 Å².